The molecule has 0 saturated carbocycles. The SMILES string of the molecule is [2H]c1c([2H])c([2H])c(-c2nc(-c3ccccc3)nc(-c3cc(-c4cc(-c5ccccc5)cc(-c5ccccc5)c4)ccc3-n3c4c([2H])c([2H])c([2H])c([2H])c4c4c([2H])c([2H])c([2H])c([2H])c43)n2)c([2H])c1[2H]. The summed E-state index contributed by atoms with van der Waals surface area (Å²) in [6.45, 7) is 0. The Bertz CT molecular complexity index is 3550. The highest BCUT2D eigenvalue weighted by Crippen LogP contribution is 2.40. The van der Waals surface area contributed by atoms with Crippen molar-refractivity contribution in [2.45, 2.75) is 0 Å². The Morgan fingerprint density at radius 3 is 1.36 bits per heavy atom. The Morgan fingerprint density at radius 1 is 0.345 bits per heavy atom. The first-order valence-corrected chi connectivity index (χ1v) is 17.5. The van der Waals surface area contributed by atoms with E-state index >= 15 is 0 Å². The van der Waals surface area contributed by atoms with Crippen LogP contribution in [0.1, 0.15) is 17.8 Å². The molecule has 0 saturated heterocycles. The van der Waals surface area contributed by atoms with Crippen LogP contribution in [-0.4, -0.2) is 19.5 Å². The van der Waals surface area contributed by atoms with Gasteiger partial charge in [0.05, 0.1) is 34.5 Å². The number of hydrogen-bond acceptors (Lipinski definition) is 3. The van der Waals surface area contributed by atoms with Gasteiger partial charge in [0.25, 0.3) is 0 Å². The second-order valence-corrected chi connectivity index (χ2v) is 12.7. The van der Waals surface area contributed by atoms with Gasteiger partial charge in [-0.1, -0.05) is 164 Å². The lowest BCUT2D eigenvalue weighted by atomic mass is 9.92. The van der Waals surface area contributed by atoms with Gasteiger partial charge in [0.1, 0.15) is 0 Å². The number of nitrogens with zero attached hydrogens (tertiary/aromatic N) is 4. The lowest BCUT2D eigenvalue weighted by Crippen LogP contribution is -2.04. The van der Waals surface area contributed by atoms with Gasteiger partial charge in [-0.15, -0.1) is 0 Å². The number of rotatable bonds is 7. The zero-order chi connectivity index (χ0) is 47.9. The maximum atomic E-state index is 9.30. The van der Waals surface area contributed by atoms with Crippen molar-refractivity contribution in [3.63, 3.8) is 0 Å². The standard InChI is InChI=1S/C51H34N4/c1-5-17-35(18-6-1)40-31-41(36-19-7-2-8-20-36)33-42(32-40)39-29-30-48(55-46-27-15-13-25-43(46)44-26-14-16-28-47(44)55)45(34-39)51-53-49(37-21-9-3-10-22-37)52-50(54-51)38-23-11-4-12-24-38/h1-34H/i3D,9D,10D,13D,14D,15D,16D,21D,22D,25D,26D,27D,28D. The minimum atomic E-state index is -0.607. The van der Waals surface area contributed by atoms with E-state index < -0.39 is 78.6 Å². The molecule has 55 heavy (non-hydrogen) atoms. The third-order valence-corrected chi connectivity index (χ3v) is 9.38. The third kappa shape index (κ3) is 6.06. The second-order valence-electron chi connectivity index (χ2n) is 12.7. The van der Waals surface area contributed by atoms with E-state index in [1.165, 1.54) is 4.57 Å². The number of benzene rings is 8. The largest absolute Gasteiger partial charge is 0.309 e. The monoisotopic (exact) mass is 715 g/mol. The second kappa shape index (κ2) is 13.8. The first-order chi connectivity index (χ1) is 32.7. The fourth-order valence-electron chi connectivity index (χ4n) is 6.83. The third-order valence-electron chi connectivity index (χ3n) is 9.38. The predicted octanol–water partition coefficient (Wildman–Crippen LogP) is 13.0. The van der Waals surface area contributed by atoms with Crippen molar-refractivity contribution in [2.75, 3.05) is 0 Å². The Hall–Kier alpha value is -7.43. The van der Waals surface area contributed by atoms with Crippen LogP contribution < -0.4 is 0 Å². The summed E-state index contributed by atoms with van der Waals surface area (Å²) in [4.78, 5) is 14.5. The summed E-state index contributed by atoms with van der Waals surface area (Å²) >= 11 is 0. The summed E-state index contributed by atoms with van der Waals surface area (Å²) in [5.74, 6) is -0.278. The van der Waals surface area contributed by atoms with Crippen molar-refractivity contribution in [1.29, 1.82) is 0 Å². The van der Waals surface area contributed by atoms with E-state index in [0.29, 0.717) is 11.1 Å². The summed E-state index contributed by atoms with van der Waals surface area (Å²) in [6, 6.07) is 32.5. The number of aromatic nitrogens is 4. The average Bonchev–Trinajstić information content (AvgIpc) is 3.74. The molecule has 0 atom stereocenters. The summed E-state index contributed by atoms with van der Waals surface area (Å²) < 4.78 is 116. The van der Waals surface area contributed by atoms with Crippen LogP contribution >= 0.6 is 0 Å². The van der Waals surface area contributed by atoms with Gasteiger partial charge in [0, 0.05) is 27.5 Å². The summed E-state index contributed by atoms with van der Waals surface area (Å²) in [5.41, 5.74) is 5.32. The van der Waals surface area contributed by atoms with Gasteiger partial charge in [-0.25, -0.2) is 15.0 Å². The first-order valence-electron chi connectivity index (χ1n) is 24.0. The number of fused-ring (bicyclic) bond motifs is 3. The summed E-state index contributed by atoms with van der Waals surface area (Å²) in [7, 11) is 0. The molecule has 0 spiro atoms. The maximum Gasteiger partial charge on any atom is 0.166 e. The van der Waals surface area contributed by atoms with Crippen LogP contribution in [0.25, 0.3) is 95.0 Å². The van der Waals surface area contributed by atoms with Crippen molar-refractivity contribution < 1.29 is 17.8 Å². The molecule has 2 heterocycles. The predicted molar refractivity (Wildman–Crippen MR) is 227 cm³/mol. The quantitative estimate of drug-likeness (QED) is 0.165. The first kappa shape index (κ1) is 21.3. The molecule has 8 aromatic carbocycles. The minimum absolute atomic E-state index is 0.0669. The van der Waals surface area contributed by atoms with Gasteiger partial charge in [-0.2, -0.15) is 0 Å². The van der Waals surface area contributed by atoms with Crippen molar-refractivity contribution >= 4 is 21.8 Å². The van der Waals surface area contributed by atoms with E-state index in [-0.39, 0.29) is 56.1 Å². The van der Waals surface area contributed by atoms with Crippen LogP contribution in [0.4, 0.5) is 0 Å². The fraction of sp³-hybridized carbons (Fsp3) is 0. The van der Waals surface area contributed by atoms with Gasteiger partial charge < -0.3 is 4.57 Å². The van der Waals surface area contributed by atoms with Gasteiger partial charge in [0.15, 0.2) is 17.5 Å². The van der Waals surface area contributed by atoms with Gasteiger partial charge in [0.2, 0.25) is 0 Å². The maximum absolute atomic E-state index is 9.30. The highest BCUT2D eigenvalue weighted by Gasteiger charge is 2.20. The van der Waals surface area contributed by atoms with Gasteiger partial charge in [-0.05, 0) is 75.8 Å². The zero-order valence-corrected chi connectivity index (χ0v) is 28.9. The summed E-state index contributed by atoms with van der Waals surface area (Å²) in [5, 5.41) is -0.256. The van der Waals surface area contributed by atoms with E-state index in [4.69, 9.17) is 30.0 Å². The van der Waals surface area contributed by atoms with Crippen molar-refractivity contribution in [3.05, 3.63) is 206 Å². The van der Waals surface area contributed by atoms with E-state index in [0.717, 1.165) is 27.8 Å². The van der Waals surface area contributed by atoms with E-state index in [2.05, 4.69) is 6.07 Å². The Balaban J connectivity index is 1.37. The van der Waals surface area contributed by atoms with Crippen LogP contribution in [0.2, 0.25) is 0 Å². The summed E-state index contributed by atoms with van der Waals surface area (Å²) in [6.07, 6.45) is 0. The minimum Gasteiger partial charge on any atom is -0.309 e. The highest BCUT2D eigenvalue weighted by molar-refractivity contribution is 6.09. The van der Waals surface area contributed by atoms with E-state index in [9.17, 15) is 2.74 Å². The molecule has 10 aromatic rings. The van der Waals surface area contributed by atoms with Crippen molar-refractivity contribution in [2.24, 2.45) is 0 Å². The zero-order valence-electron chi connectivity index (χ0n) is 41.9. The average molecular weight is 716 g/mol. The molecule has 10 rings (SSSR count). The van der Waals surface area contributed by atoms with Gasteiger partial charge >= 0.3 is 0 Å². The topological polar surface area (TPSA) is 43.6 Å². The normalized spacial score (nSPS) is 14.6. The molecule has 0 unspecified atom stereocenters. The Morgan fingerprint density at radius 2 is 0.800 bits per heavy atom. The van der Waals surface area contributed by atoms with E-state index in [1.807, 2.05) is 72.8 Å². The molecule has 2 aromatic heterocycles. The molecule has 0 aliphatic carbocycles. The van der Waals surface area contributed by atoms with Crippen LogP contribution in [0.3, 0.4) is 0 Å². The van der Waals surface area contributed by atoms with Crippen molar-refractivity contribution in [1.82, 2.24) is 19.5 Å². The molecule has 0 amide bonds. The Labute approximate surface area is 338 Å². The smallest absolute Gasteiger partial charge is 0.166 e. The molecule has 0 N–H and O–H groups in total. The molecule has 0 aliphatic rings. The van der Waals surface area contributed by atoms with E-state index in [1.54, 1.807) is 48.5 Å². The molecular formula is C51H34N4. The molecule has 4 heteroatoms. The van der Waals surface area contributed by atoms with Crippen LogP contribution in [0.15, 0.2) is 206 Å². The van der Waals surface area contributed by atoms with Crippen LogP contribution in [-0.2, 0) is 0 Å². The van der Waals surface area contributed by atoms with Crippen molar-refractivity contribution in [3.8, 4) is 73.2 Å². The lowest BCUT2D eigenvalue weighted by Gasteiger charge is -2.17. The van der Waals surface area contributed by atoms with Crippen LogP contribution in [0.5, 0.6) is 0 Å². The Kier molecular flexibility index (Phi) is 5.37. The number of hydrogen-bond donors (Lipinski definition) is 0. The molecular weight excluding hydrogens is 669 g/mol. The van der Waals surface area contributed by atoms with Gasteiger partial charge in [-0.3, -0.25) is 0 Å². The number of para-hydroxylation sites is 2. The fourth-order valence-corrected chi connectivity index (χ4v) is 6.83. The lowest BCUT2D eigenvalue weighted by molar-refractivity contribution is 1.06. The molecule has 0 bridgehead atoms. The molecule has 0 fully saturated rings. The highest BCUT2D eigenvalue weighted by atomic mass is 15.1. The molecule has 0 aliphatic heterocycles. The molecule has 258 valence electrons. The van der Waals surface area contributed by atoms with Crippen LogP contribution in [0, 0.1) is 0 Å². The molecule has 4 nitrogen and oxygen atoms in total. The molecule has 0 radical (unpaired) electrons.